The third-order valence-electron chi connectivity index (χ3n) is 2.92. The summed E-state index contributed by atoms with van der Waals surface area (Å²) in [6.07, 6.45) is 17.3. The molecule has 1 rings (SSSR count). The van der Waals surface area contributed by atoms with Crippen LogP contribution in [0.3, 0.4) is 0 Å². The fourth-order valence-electron chi connectivity index (χ4n) is 1.84. The van der Waals surface area contributed by atoms with E-state index in [1.807, 2.05) is 6.08 Å². The summed E-state index contributed by atoms with van der Waals surface area (Å²) in [5, 5.41) is 0. The Morgan fingerprint density at radius 1 is 1.05 bits per heavy atom. The minimum Gasteiger partial charge on any atom is -0.434 e. The van der Waals surface area contributed by atoms with Crippen LogP contribution in [0, 0.1) is 0 Å². The molecule has 0 aromatic rings. The lowest BCUT2D eigenvalue weighted by Gasteiger charge is -2.06. The van der Waals surface area contributed by atoms with Crippen LogP contribution in [0.25, 0.3) is 0 Å². The number of hydrogen-bond acceptors (Lipinski definition) is 3. The molecule has 0 N–H and O–H groups in total. The Kier molecular flexibility index (Phi) is 8.52. The number of esters is 1. The van der Waals surface area contributed by atoms with E-state index in [0.29, 0.717) is 6.42 Å². The van der Waals surface area contributed by atoms with Crippen molar-refractivity contribution in [2.24, 2.45) is 0 Å². The summed E-state index contributed by atoms with van der Waals surface area (Å²) >= 11 is 0. The number of allylic oxidation sites excluding steroid dienone is 4. The SMILES string of the molecule is CCCCCCCCCC(=O)OC1=CC=CC=CO1. The Morgan fingerprint density at radius 2 is 1.79 bits per heavy atom. The van der Waals surface area contributed by atoms with Gasteiger partial charge in [0.05, 0.1) is 6.26 Å². The lowest BCUT2D eigenvalue weighted by Crippen LogP contribution is -2.05. The summed E-state index contributed by atoms with van der Waals surface area (Å²) in [6.45, 7) is 2.21. The summed E-state index contributed by atoms with van der Waals surface area (Å²) in [5.74, 6) is 0.0291. The van der Waals surface area contributed by atoms with Gasteiger partial charge in [-0.05, 0) is 12.5 Å². The van der Waals surface area contributed by atoms with Gasteiger partial charge in [0.2, 0.25) is 0 Å². The summed E-state index contributed by atoms with van der Waals surface area (Å²) in [6, 6.07) is 0. The first kappa shape index (κ1) is 15.5. The second-order valence-electron chi connectivity index (χ2n) is 4.66. The number of ether oxygens (including phenoxy) is 2. The monoisotopic (exact) mass is 264 g/mol. The molecule has 0 aromatic carbocycles. The van der Waals surface area contributed by atoms with Crippen LogP contribution in [0.4, 0.5) is 0 Å². The second kappa shape index (κ2) is 10.4. The van der Waals surface area contributed by atoms with Gasteiger partial charge in [-0.3, -0.25) is 4.79 Å². The van der Waals surface area contributed by atoms with Crippen molar-refractivity contribution >= 4 is 5.97 Å². The van der Waals surface area contributed by atoms with Crippen LogP contribution in [0.5, 0.6) is 0 Å². The molecule has 0 radical (unpaired) electrons. The molecule has 0 saturated carbocycles. The third kappa shape index (κ3) is 8.25. The van der Waals surface area contributed by atoms with Gasteiger partial charge in [-0.2, -0.15) is 0 Å². The molecule has 0 unspecified atom stereocenters. The number of rotatable bonds is 9. The van der Waals surface area contributed by atoms with Crippen molar-refractivity contribution in [3.05, 3.63) is 36.5 Å². The van der Waals surface area contributed by atoms with Crippen molar-refractivity contribution < 1.29 is 14.3 Å². The molecule has 0 saturated heterocycles. The van der Waals surface area contributed by atoms with Crippen LogP contribution in [0.1, 0.15) is 58.3 Å². The third-order valence-corrected chi connectivity index (χ3v) is 2.92. The molecule has 0 atom stereocenters. The molecule has 3 nitrogen and oxygen atoms in total. The molecule has 0 aromatic heterocycles. The van der Waals surface area contributed by atoms with E-state index in [1.54, 1.807) is 18.2 Å². The van der Waals surface area contributed by atoms with Gasteiger partial charge in [-0.25, -0.2) is 0 Å². The van der Waals surface area contributed by atoms with Crippen molar-refractivity contribution in [1.82, 2.24) is 0 Å². The van der Waals surface area contributed by atoms with Gasteiger partial charge in [0, 0.05) is 12.5 Å². The minimum atomic E-state index is -0.219. The van der Waals surface area contributed by atoms with E-state index < -0.39 is 0 Å². The topological polar surface area (TPSA) is 35.5 Å². The van der Waals surface area contributed by atoms with Crippen molar-refractivity contribution in [1.29, 1.82) is 0 Å². The van der Waals surface area contributed by atoms with E-state index in [0.717, 1.165) is 12.8 Å². The first-order chi connectivity index (χ1) is 9.33. The lowest BCUT2D eigenvalue weighted by molar-refractivity contribution is -0.143. The number of unbranched alkanes of at least 4 members (excludes halogenated alkanes) is 6. The van der Waals surface area contributed by atoms with E-state index >= 15 is 0 Å². The fraction of sp³-hybridized carbons (Fsp3) is 0.562. The van der Waals surface area contributed by atoms with Gasteiger partial charge in [0.15, 0.2) is 0 Å². The summed E-state index contributed by atoms with van der Waals surface area (Å²) in [7, 11) is 0. The first-order valence-corrected chi connectivity index (χ1v) is 7.23. The van der Waals surface area contributed by atoms with Crippen LogP contribution in [0.2, 0.25) is 0 Å². The van der Waals surface area contributed by atoms with Gasteiger partial charge < -0.3 is 9.47 Å². The smallest absolute Gasteiger partial charge is 0.313 e. The average molecular weight is 264 g/mol. The number of carbonyl (C=O) groups excluding carboxylic acids is 1. The molecule has 3 heteroatoms. The quantitative estimate of drug-likeness (QED) is 0.450. The number of carbonyl (C=O) groups is 1. The highest BCUT2D eigenvalue weighted by atomic mass is 16.7. The highest BCUT2D eigenvalue weighted by Gasteiger charge is 2.07. The van der Waals surface area contributed by atoms with Crippen LogP contribution in [-0.4, -0.2) is 5.97 Å². The van der Waals surface area contributed by atoms with Crippen molar-refractivity contribution in [3.8, 4) is 0 Å². The van der Waals surface area contributed by atoms with Gasteiger partial charge in [0.25, 0.3) is 5.95 Å². The second-order valence-corrected chi connectivity index (χ2v) is 4.66. The Bertz CT molecular complexity index is 340. The van der Waals surface area contributed by atoms with Crippen LogP contribution < -0.4 is 0 Å². The molecule has 1 aliphatic heterocycles. The van der Waals surface area contributed by atoms with Crippen LogP contribution in [-0.2, 0) is 14.3 Å². The zero-order valence-electron chi connectivity index (χ0n) is 11.8. The Balaban J connectivity index is 2.03. The van der Waals surface area contributed by atoms with E-state index in [-0.39, 0.29) is 11.9 Å². The van der Waals surface area contributed by atoms with Crippen LogP contribution >= 0.6 is 0 Å². The molecule has 0 spiro atoms. The maximum absolute atomic E-state index is 11.6. The van der Waals surface area contributed by atoms with Crippen LogP contribution in [0.15, 0.2) is 36.5 Å². The Labute approximate surface area is 116 Å². The van der Waals surface area contributed by atoms with Gasteiger partial charge >= 0.3 is 5.97 Å². The zero-order valence-corrected chi connectivity index (χ0v) is 11.8. The maximum atomic E-state index is 11.6. The predicted molar refractivity (Wildman–Crippen MR) is 76.2 cm³/mol. The summed E-state index contributed by atoms with van der Waals surface area (Å²) in [4.78, 5) is 11.6. The standard InChI is InChI=1S/C16H24O3/c1-2-3-4-5-6-7-9-12-15(17)19-16-13-10-8-11-14-18-16/h8,10-11,13-14H,2-7,9,12H2,1H3. The molecule has 0 bridgehead atoms. The molecule has 0 amide bonds. The molecule has 0 aliphatic carbocycles. The largest absolute Gasteiger partial charge is 0.434 e. The van der Waals surface area contributed by atoms with Gasteiger partial charge in [-0.1, -0.05) is 57.6 Å². The van der Waals surface area contributed by atoms with Crippen molar-refractivity contribution in [3.63, 3.8) is 0 Å². The Morgan fingerprint density at radius 3 is 2.58 bits per heavy atom. The molecular weight excluding hydrogens is 240 g/mol. The van der Waals surface area contributed by atoms with Crippen molar-refractivity contribution in [2.45, 2.75) is 58.3 Å². The van der Waals surface area contributed by atoms with Crippen molar-refractivity contribution in [2.75, 3.05) is 0 Å². The highest BCUT2D eigenvalue weighted by molar-refractivity contribution is 5.70. The molecular formula is C16H24O3. The first-order valence-electron chi connectivity index (χ1n) is 7.23. The average Bonchev–Trinajstić information content (AvgIpc) is 2.66. The molecule has 1 heterocycles. The van der Waals surface area contributed by atoms with Gasteiger partial charge in [0.1, 0.15) is 0 Å². The van der Waals surface area contributed by atoms with E-state index in [9.17, 15) is 4.79 Å². The molecule has 19 heavy (non-hydrogen) atoms. The fourth-order valence-corrected chi connectivity index (χ4v) is 1.84. The highest BCUT2D eigenvalue weighted by Crippen LogP contribution is 2.11. The normalized spacial score (nSPS) is 13.6. The van der Waals surface area contributed by atoms with E-state index in [1.165, 1.54) is 38.4 Å². The molecule has 0 fully saturated rings. The number of hydrogen-bond donors (Lipinski definition) is 0. The predicted octanol–water partition coefficient (Wildman–Crippen LogP) is 4.61. The van der Waals surface area contributed by atoms with E-state index in [2.05, 4.69) is 6.92 Å². The summed E-state index contributed by atoms with van der Waals surface area (Å²) < 4.78 is 10.2. The van der Waals surface area contributed by atoms with E-state index in [4.69, 9.17) is 9.47 Å². The lowest BCUT2D eigenvalue weighted by atomic mass is 10.1. The van der Waals surface area contributed by atoms with Gasteiger partial charge in [-0.15, -0.1) is 0 Å². The maximum Gasteiger partial charge on any atom is 0.313 e. The molecule has 1 aliphatic rings. The molecule has 106 valence electrons. The minimum absolute atomic E-state index is 0.219. The summed E-state index contributed by atoms with van der Waals surface area (Å²) in [5.41, 5.74) is 0. The Hall–Kier alpha value is -1.51. The zero-order chi connectivity index (χ0) is 13.8.